The van der Waals surface area contributed by atoms with E-state index in [1.807, 2.05) is 6.92 Å². The number of ether oxygens (including phenoxy) is 1. The van der Waals surface area contributed by atoms with Crippen LogP contribution in [0.2, 0.25) is 0 Å². The van der Waals surface area contributed by atoms with Crippen LogP contribution >= 0.6 is 0 Å². The molecule has 0 saturated heterocycles. The first kappa shape index (κ1) is 27.0. The third-order valence-corrected chi connectivity index (χ3v) is 8.32. The molecule has 0 aromatic heterocycles. The van der Waals surface area contributed by atoms with E-state index in [-0.39, 0.29) is 29.6 Å². The van der Waals surface area contributed by atoms with Crippen molar-refractivity contribution in [3.05, 3.63) is 64.2 Å². The second-order valence-electron chi connectivity index (χ2n) is 11.1. The van der Waals surface area contributed by atoms with Crippen LogP contribution in [0.5, 0.6) is 5.75 Å². The number of fused-ring (bicyclic) bond motifs is 3. The third-order valence-electron chi connectivity index (χ3n) is 8.32. The molecule has 0 bridgehead atoms. The Morgan fingerprint density at radius 1 is 1.19 bits per heavy atom. The van der Waals surface area contributed by atoms with Gasteiger partial charge in [0.15, 0.2) is 0 Å². The zero-order chi connectivity index (χ0) is 27.0. The van der Waals surface area contributed by atoms with Crippen LogP contribution in [0.25, 0.3) is 0 Å². The van der Waals surface area contributed by atoms with Gasteiger partial charge in [0.25, 0.3) is 0 Å². The molecule has 5 nitrogen and oxygen atoms in total. The van der Waals surface area contributed by atoms with Crippen LogP contribution in [-0.4, -0.2) is 23.7 Å². The standard InChI is InChI=1S/C29H34F3NO4/c1-18(2)23-14-20-8-11-25-27(3,12-5-13-28(25,4)26(34)35)24(20)15-21(23)16-33-36-17-19-6-9-22(10-7-19)37-29(30,31)32/h6-7,9-10,14-16,18,25H,5,8,11-13,17H2,1-4H3,(H,34,35)/b33-16+/t25?,27-,28-/m1/s1. The SMILES string of the molecule is CC(C)c1cc2c(cc1/C=N/OCc1ccc(OC(F)(F)F)cc1)[C@@]1(C)CCC[C@@](C)(C(=O)O)C1CC2. The zero-order valence-corrected chi connectivity index (χ0v) is 21.7. The van der Waals surface area contributed by atoms with Crippen molar-refractivity contribution in [1.29, 1.82) is 0 Å². The Kier molecular flexibility index (Phi) is 7.32. The molecule has 1 unspecified atom stereocenters. The minimum absolute atomic E-state index is 0.0639. The average molecular weight is 518 g/mol. The molecule has 0 radical (unpaired) electrons. The van der Waals surface area contributed by atoms with E-state index >= 15 is 0 Å². The number of aliphatic carboxylic acids is 1. The minimum atomic E-state index is -4.73. The highest BCUT2D eigenvalue weighted by Gasteiger charge is 2.55. The third kappa shape index (κ3) is 5.48. The quantitative estimate of drug-likeness (QED) is 0.308. The van der Waals surface area contributed by atoms with Crippen molar-refractivity contribution in [2.24, 2.45) is 16.5 Å². The number of nitrogens with zero attached hydrogens (tertiary/aromatic N) is 1. The summed E-state index contributed by atoms with van der Waals surface area (Å²) in [7, 11) is 0. The summed E-state index contributed by atoms with van der Waals surface area (Å²) in [5.41, 5.74) is 4.29. The fourth-order valence-electron chi connectivity index (χ4n) is 6.41. The van der Waals surface area contributed by atoms with E-state index < -0.39 is 17.7 Å². The molecule has 0 aliphatic heterocycles. The number of rotatable bonds is 7. The van der Waals surface area contributed by atoms with Gasteiger partial charge in [0.2, 0.25) is 0 Å². The van der Waals surface area contributed by atoms with Crippen molar-refractivity contribution in [3.63, 3.8) is 0 Å². The Bertz CT molecular complexity index is 1170. The van der Waals surface area contributed by atoms with Gasteiger partial charge in [-0.3, -0.25) is 4.79 Å². The lowest BCUT2D eigenvalue weighted by atomic mass is 9.49. The molecule has 2 aliphatic rings. The minimum Gasteiger partial charge on any atom is -0.481 e. The number of carboxylic acid groups (broad SMARTS) is 1. The van der Waals surface area contributed by atoms with E-state index in [0.29, 0.717) is 12.0 Å². The van der Waals surface area contributed by atoms with Gasteiger partial charge < -0.3 is 14.7 Å². The number of oxime groups is 1. The van der Waals surface area contributed by atoms with Gasteiger partial charge in [-0.15, -0.1) is 13.2 Å². The second kappa shape index (κ2) is 10.0. The largest absolute Gasteiger partial charge is 0.573 e. The number of alkyl halides is 3. The molecule has 1 saturated carbocycles. The van der Waals surface area contributed by atoms with Gasteiger partial charge in [0.05, 0.1) is 11.6 Å². The maximum absolute atomic E-state index is 12.3. The van der Waals surface area contributed by atoms with Crippen LogP contribution in [0.1, 0.15) is 87.1 Å². The molecule has 8 heteroatoms. The number of carboxylic acids is 1. The van der Waals surface area contributed by atoms with E-state index in [1.54, 1.807) is 6.21 Å². The predicted molar refractivity (Wildman–Crippen MR) is 135 cm³/mol. The van der Waals surface area contributed by atoms with E-state index in [0.717, 1.165) is 36.8 Å². The highest BCUT2D eigenvalue weighted by Crippen LogP contribution is 2.57. The fourth-order valence-corrected chi connectivity index (χ4v) is 6.41. The van der Waals surface area contributed by atoms with Crippen molar-refractivity contribution in [1.82, 2.24) is 0 Å². The molecule has 2 aliphatic carbocycles. The highest BCUT2D eigenvalue weighted by molar-refractivity contribution is 5.83. The summed E-state index contributed by atoms with van der Waals surface area (Å²) in [5, 5.41) is 14.2. The summed E-state index contributed by atoms with van der Waals surface area (Å²) in [4.78, 5) is 17.7. The first-order chi connectivity index (χ1) is 17.3. The van der Waals surface area contributed by atoms with E-state index in [4.69, 9.17) is 4.84 Å². The average Bonchev–Trinajstić information content (AvgIpc) is 2.81. The van der Waals surface area contributed by atoms with Gasteiger partial charge in [-0.1, -0.05) is 50.5 Å². The predicted octanol–water partition coefficient (Wildman–Crippen LogP) is 7.35. The summed E-state index contributed by atoms with van der Waals surface area (Å²) in [5.74, 6) is -0.675. The molecule has 0 heterocycles. The van der Waals surface area contributed by atoms with Crippen LogP contribution in [0, 0.1) is 11.3 Å². The molecular weight excluding hydrogens is 483 g/mol. The number of carbonyl (C=O) groups is 1. The normalized spacial score (nSPS) is 25.6. The maximum atomic E-state index is 12.3. The molecule has 200 valence electrons. The zero-order valence-electron chi connectivity index (χ0n) is 21.7. The summed E-state index contributed by atoms with van der Waals surface area (Å²) < 4.78 is 40.9. The summed E-state index contributed by atoms with van der Waals surface area (Å²) in [6, 6.07) is 9.89. The van der Waals surface area contributed by atoms with Crippen molar-refractivity contribution in [3.8, 4) is 5.75 Å². The summed E-state index contributed by atoms with van der Waals surface area (Å²) in [6.45, 7) is 8.47. The molecular formula is C29H34F3NO4. The Morgan fingerprint density at radius 3 is 2.51 bits per heavy atom. The van der Waals surface area contributed by atoms with E-state index in [2.05, 4.69) is 42.8 Å². The Hall–Kier alpha value is -3.03. The molecule has 2 aromatic carbocycles. The maximum Gasteiger partial charge on any atom is 0.573 e. The molecule has 1 fully saturated rings. The fraction of sp³-hybridized carbons (Fsp3) is 0.517. The van der Waals surface area contributed by atoms with Crippen LogP contribution in [-0.2, 0) is 28.1 Å². The van der Waals surface area contributed by atoms with Gasteiger partial charge in [-0.05, 0) is 95.9 Å². The molecule has 0 spiro atoms. The monoisotopic (exact) mass is 517 g/mol. The highest BCUT2D eigenvalue weighted by atomic mass is 19.4. The lowest BCUT2D eigenvalue weighted by Crippen LogP contribution is -2.52. The first-order valence-electron chi connectivity index (χ1n) is 12.7. The molecule has 2 aromatic rings. The van der Waals surface area contributed by atoms with Crippen LogP contribution in [0.4, 0.5) is 13.2 Å². The number of halogens is 3. The Labute approximate surface area is 215 Å². The summed E-state index contributed by atoms with van der Waals surface area (Å²) >= 11 is 0. The van der Waals surface area contributed by atoms with Crippen LogP contribution < -0.4 is 4.74 Å². The van der Waals surface area contributed by atoms with Crippen molar-refractivity contribution < 1.29 is 32.6 Å². The van der Waals surface area contributed by atoms with Crippen molar-refractivity contribution in [2.75, 3.05) is 0 Å². The van der Waals surface area contributed by atoms with Crippen molar-refractivity contribution >= 4 is 12.2 Å². The summed E-state index contributed by atoms with van der Waals surface area (Å²) in [6.07, 6.45) is 1.21. The number of benzene rings is 2. The lowest BCUT2D eigenvalue weighted by Gasteiger charge is -2.53. The number of aryl methyl sites for hydroxylation is 1. The molecule has 1 N–H and O–H groups in total. The van der Waals surface area contributed by atoms with E-state index in [9.17, 15) is 23.1 Å². The van der Waals surface area contributed by atoms with Crippen molar-refractivity contribution in [2.45, 2.75) is 84.1 Å². The van der Waals surface area contributed by atoms with Gasteiger partial charge in [-0.25, -0.2) is 0 Å². The molecule has 0 amide bonds. The van der Waals surface area contributed by atoms with Gasteiger partial charge in [-0.2, -0.15) is 0 Å². The molecule has 3 atom stereocenters. The second-order valence-corrected chi connectivity index (χ2v) is 11.1. The Morgan fingerprint density at radius 2 is 1.89 bits per heavy atom. The van der Waals surface area contributed by atoms with E-state index in [1.165, 1.54) is 35.4 Å². The topological polar surface area (TPSA) is 68.1 Å². The van der Waals surface area contributed by atoms with Crippen LogP contribution in [0.15, 0.2) is 41.6 Å². The first-order valence-corrected chi connectivity index (χ1v) is 12.7. The van der Waals surface area contributed by atoms with Crippen LogP contribution in [0.3, 0.4) is 0 Å². The van der Waals surface area contributed by atoms with Gasteiger partial charge in [0, 0.05) is 0 Å². The number of hydrogen-bond donors (Lipinski definition) is 1. The molecule has 37 heavy (non-hydrogen) atoms. The number of hydrogen-bond acceptors (Lipinski definition) is 4. The lowest BCUT2D eigenvalue weighted by molar-refractivity contribution is -0.274. The van der Waals surface area contributed by atoms with Gasteiger partial charge >= 0.3 is 12.3 Å². The van der Waals surface area contributed by atoms with Gasteiger partial charge in [0.1, 0.15) is 12.4 Å². The Balaban J connectivity index is 1.55. The smallest absolute Gasteiger partial charge is 0.481 e. The molecule has 4 rings (SSSR count).